The SMILES string of the molecule is CCCS(=O)(=O)CCOc1c(C)cccc1CNC1CC1. The molecule has 4 nitrogen and oxygen atoms in total. The lowest BCUT2D eigenvalue weighted by Crippen LogP contribution is -2.19. The average Bonchev–Trinajstić information content (AvgIpc) is 3.22. The lowest BCUT2D eigenvalue weighted by Gasteiger charge is -2.14. The van der Waals surface area contributed by atoms with Gasteiger partial charge in [-0.2, -0.15) is 0 Å². The molecule has 5 heteroatoms. The fourth-order valence-electron chi connectivity index (χ4n) is 2.28. The minimum atomic E-state index is -2.98. The van der Waals surface area contributed by atoms with Crippen LogP contribution in [-0.2, 0) is 16.4 Å². The molecule has 1 aliphatic carbocycles. The molecule has 118 valence electrons. The zero-order valence-electron chi connectivity index (χ0n) is 12.9. The van der Waals surface area contributed by atoms with Gasteiger partial charge < -0.3 is 10.1 Å². The zero-order valence-corrected chi connectivity index (χ0v) is 13.7. The van der Waals surface area contributed by atoms with E-state index >= 15 is 0 Å². The molecule has 1 fully saturated rings. The fraction of sp³-hybridized carbons (Fsp3) is 0.625. The Labute approximate surface area is 127 Å². The van der Waals surface area contributed by atoms with Crippen molar-refractivity contribution in [1.29, 1.82) is 0 Å². The molecule has 1 saturated carbocycles. The smallest absolute Gasteiger partial charge is 0.153 e. The summed E-state index contributed by atoms with van der Waals surface area (Å²) in [7, 11) is -2.98. The lowest BCUT2D eigenvalue weighted by atomic mass is 10.1. The molecule has 0 heterocycles. The molecule has 0 saturated heterocycles. The van der Waals surface area contributed by atoms with E-state index < -0.39 is 9.84 Å². The summed E-state index contributed by atoms with van der Waals surface area (Å²) in [6.45, 7) is 4.88. The molecule has 1 N–H and O–H groups in total. The van der Waals surface area contributed by atoms with Crippen LogP contribution in [0.3, 0.4) is 0 Å². The molecule has 1 aliphatic rings. The van der Waals surface area contributed by atoms with Crippen LogP contribution in [0.25, 0.3) is 0 Å². The van der Waals surface area contributed by atoms with Crippen molar-refractivity contribution in [1.82, 2.24) is 5.32 Å². The van der Waals surface area contributed by atoms with Gasteiger partial charge in [0.1, 0.15) is 12.4 Å². The van der Waals surface area contributed by atoms with E-state index in [1.54, 1.807) is 0 Å². The summed E-state index contributed by atoms with van der Waals surface area (Å²) in [5.74, 6) is 1.16. The Bertz CT molecular complexity index is 565. The second-order valence-electron chi connectivity index (χ2n) is 5.72. The standard InChI is InChI=1S/C16H25NO3S/c1-3-10-21(18,19)11-9-20-16-13(2)5-4-6-14(16)12-17-15-7-8-15/h4-6,15,17H,3,7-12H2,1-2H3. The minimum Gasteiger partial charge on any atom is -0.492 e. The van der Waals surface area contributed by atoms with Gasteiger partial charge in [-0.25, -0.2) is 8.42 Å². The predicted molar refractivity (Wildman–Crippen MR) is 85.5 cm³/mol. The van der Waals surface area contributed by atoms with Crippen LogP contribution in [0.1, 0.15) is 37.3 Å². The van der Waals surface area contributed by atoms with Crippen molar-refractivity contribution in [3.8, 4) is 5.75 Å². The van der Waals surface area contributed by atoms with Crippen molar-refractivity contribution in [3.63, 3.8) is 0 Å². The highest BCUT2D eigenvalue weighted by Crippen LogP contribution is 2.25. The van der Waals surface area contributed by atoms with Gasteiger partial charge in [0.15, 0.2) is 9.84 Å². The Morgan fingerprint density at radius 2 is 2.05 bits per heavy atom. The highest BCUT2D eigenvalue weighted by molar-refractivity contribution is 7.91. The molecule has 0 spiro atoms. The van der Waals surface area contributed by atoms with Crippen LogP contribution in [0.15, 0.2) is 18.2 Å². The van der Waals surface area contributed by atoms with Crippen LogP contribution in [-0.4, -0.2) is 32.6 Å². The number of hydrogen-bond donors (Lipinski definition) is 1. The summed E-state index contributed by atoms with van der Waals surface area (Å²) in [5, 5.41) is 3.47. The van der Waals surface area contributed by atoms with Gasteiger partial charge in [0.2, 0.25) is 0 Å². The Balaban J connectivity index is 1.94. The fourth-order valence-corrected chi connectivity index (χ4v) is 3.45. The van der Waals surface area contributed by atoms with Crippen molar-refractivity contribution in [2.24, 2.45) is 0 Å². The summed E-state index contributed by atoms with van der Waals surface area (Å²) in [6, 6.07) is 6.69. The van der Waals surface area contributed by atoms with Gasteiger partial charge in [-0.3, -0.25) is 0 Å². The molecule has 0 aliphatic heterocycles. The normalized spacial score (nSPS) is 15.1. The number of benzene rings is 1. The molecule has 2 rings (SSSR count). The first-order valence-corrected chi connectivity index (χ1v) is 9.49. The lowest BCUT2D eigenvalue weighted by molar-refractivity contribution is 0.333. The van der Waals surface area contributed by atoms with E-state index in [-0.39, 0.29) is 18.1 Å². The molecule has 1 aromatic carbocycles. The van der Waals surface area contributed by atoms with Gasteiger partial charge in [-0.1, -0.05) is 25.1 Å². The van der Waals surface area contributed by atoms with Gasteiger partial charge >= 0.3 is 0 Å². The number of rotatable bonds is 9. The first-order chi connectivity index (χ1) is 10.0. The van der Waals surface area contributed by atoms with E-state index in [1.807, 2.05) is 32.0 Å². The maximum atomic E-state index is 11.7. The molecular formula is C16H25NO3S. The van der Waals surface area contributed by atoms with Crippen LogP contribution in [0.4, 0.5) is 0 Å². The maximum Gasteiger partial charge on any atom is 0.153 e. The summed E-state index contributed by atoms with van der Waals surface area (Å²) < 4.78 is 29.2. The number of para-hydroxylation sites is 1. The van der Waals surface area contributed by atoms with Gasteiger partial charge in [0.25, 0.3) is 0 Å². The summed E-state index contributed by atoms with van der Waals surface area (Å²) in [6.07, 6.45) is 3.15. The molecule has 0 radical (unpaired) electrons. The third-order valence-corrected chi connectivity index (χ3v) is 5.43. The second-order valence-corrected chi connectivity index (χ2v) is 8.02. The summed E-state index contributed by atoms with van der Waals surface area (Å²) in [5.41, 5.74) is 2.16. The molecular weight excluding hydrogens is 286 g/mol. The first kappa shape index (κ1) is 16.3. The monoisotopic (exact) mass is 311 g/mol. The van der Waals surface area contributed by atoms with Crippen LogP contribution in [0.2, 0.25) is 0 Å². The zero-order chi connectivity index (χ0) is 15.3. The highest BCUT2D eigenvalue weighted by Gasteiger charge is 2.21. The molecule has 1 aromatic rings. The third kappa shape index (κ3) is 5.32. The van der Waals surface area contributed by atoms with Crippen LogP contribution < -0.4 is 10.1 Å². The highest BCUT2D eigenvalue weighted by atomic mass is 32.2. The molecule has 21 heavy (non-hydrogen) atoms. The molecule has 0 bridgehead atoms. The van der Waals surface area contributed by atoms with Gasteiger partial charge in [0.05, 0.1) is 11.5 Å². The predicted octanol–water partition coefficient (Wildman–Crippen LogP) is 2.45. The number of nitrogens with one attached hydrogen (secondary N) is 1. The van der Waals surface area contributed by atoms with Crippen molar-refractivity contribution in [2.45, 2.75) is 45.7 Å². The molecule has 0 aromatic heterocycles. The minimum absolute atomic E-state index is 0.0880. The largest absolute Gasteiger partial charge is 0.492 e. The third-order valence-electron chi connectivity index (χ3n) is 3.61. The Kier molecular flexibility index (Phi) is 5.65. The van der Waals surface area contributed by atoms with Gasteiger partial charge in [0, 0.05) is 18.2 Å². The van der Waals surface area contributed by atoms with Crippen molar-refractivity contribution in [3.05, 3.63) is 29.3 Å². The molecule has 0 amide bonds. The van der Waals surface area contributed by atoms with E-state index in [4.69, 9.17) is 4.74 Å². The topological polar surface area (TPSA) is 55.4 Å². The van der Waals surface area contributed by atoms with Gasteiger partial charge in [-0.15, -0.1) is 0 Å². The first-order valence-electron chi connectivity index (χ1n) is 7.67. The maximum absolute atomic E-state index is 11.7. The molecule has 0 atom stereocenters. The van der Waals surface area contributed by atoms with Gasteiger partial charge in [-0.05, 0) is 31.7 Å². The van der Waals surface area contributed by atoms with Crippen LogP contribution in [0.5, 0.6) is 5.75 Å². The second kappa shape index (κ2) is 7.27. The van der Waals surface area contributed by atoms with E-state index in [0.717, 1.165) is 23.4 Å². The summed E-state index contributed by atoms with van der Waals surface area (Å²) >= 11 is 0. The Morgan fingerprint density at radius 1 is 1.29 bits per heavy atom. The van der Waals surface area contributed by atoms with Crippen LogP contribution in [0, 0.1) is 6.92 Å². The van der Waals surface area contributed by atoms with Crippen molar-refractivity contribution < 1.29 is 13.2 Å². The quantitative estimate of drug-likeness (QED) is 0.761. The van der Waals surface area contributed by atoms with E-state index in [0.29, 0.717) is 12.5 Å². The average molecular weight is 311 g/mol. The number of aryl methyl sites for hydroxylation is 1. The number of ether oxygens (including phenoxy) is 1. The van der Waals surface area contributed by atoms with Crippen molar-refractivity contribution in [2.75, 3.05) is 18.1 Å². The molecule has 0 unspecified atom stereocenters. The number of hydrogen-bond acceptors (Lipinski definition) is 4. The Hall–Kier alpha value is -1.07. The van der Waals surface area contributed by atoms with Crippen molar-refractivity contribution >= 4 is 9.84 Å². The van der Waals surface area contributed by atoms with E-state index in [2.05, 4.69) is 5.32 Å². The summed E-state index contributed by atoms with van der Waals surface area (Å²) in [4.78, 5) is 0. The number of sulfone groups is 1. The Morgan fingerprint density at radius 3 is 2.71 bits per heavy atom. The van der Waals surface area contributed by atoms with E-state index in [1.165, 1.54) is 12.8 Å². The van der Waals surface area contributed by atoms with E-state index in [9.17, 15) is 8.42 Å². The van der Waals surface area contributed by atoms with Crippen LogP contribution >= 0.6 is 0 Å².